The molecule has 2 aliphatic rings. The maximum absolute atomic E-state index is 13.0. The molecule has 5 nitrogen and oxygen atoms in total. The predicted molar refractivity (Wildman–Crippen MR) is 104 cm³/mol. The van der Waals surface area contributed by atoms with E-state index in [2.05, 4.69) is 0 Å². The number of esters is 1. The van der Waals surface area contributed by atoms with Crippen LogP contribution in [0.2, 0.25) is 0 Å². The van der Waals surface area contributed by atoms with Gasteiger partial charge in [-0.2, -0.15) is 0 Å². The van der Waals surface area contributed by atoms with Crippen LogP contribution in [-0.4, -0.2) is 22.6 Å². The van der Waals surface area contributed by atoms with Crippen molar-refractivity contribution in [2.75, 3.05) is 0 Å². The van der Waals surface area contributed by atoms with E-state index >= 15 is 0 Å². The summed E-state index contributed by atoms with van der Waals surface area (Å²) < 4.78 is 5.57. The fourth-order valence-corrected chi connectivity index (χ4v) is 3.99. The molecule has 5 heteroatoms. The molecule has 0 unspecified atom stereocenters. The molecule has 0 aliphatic heterocycles. The Bertz CT molecular complexity index is 1180. The van der Waals surface area contributed by atoms with Crippen LogP contribution in [0.25, 0.3) is 0 Å². The van der Waals surface area contributed by atoms with Gasteiger partial charge in [-0.05, 0) is 30.0 Å². The van der Waals surface area contributed by atoms with E-state index in [0.717, 1.165) is 5.56 Å². The maximum atomic E-state index is 13.0. The molecule has 5 rings (SSSR count). The first-order valence-corrected chi connectivity index (χ1v) is 9.37. The molecule has 0 heterocycles. The summed E-state index contributed by atoms with van der Waals surface area (Å²) >= 11 is 0. The Kier molecular flexibility index (Phi) is 3.84. The van der Waals surface area contributed by atoms with Crippen LogP contribution in [0.3, 0.4) is 0 Å². The number of benzene rings is 3. The first kappa shape index (κ1) is 17.4. The highest BCUT2D eigenvalue weighted by Crippen LogP contribution is 2.48. The number of phenolic OH excluding ortho intramolecular Hbond substituents is 1. The Balaban J connectivity index is 1.47. The summed E-state index contributed by atoms with van der Waals surface area (Å²) in [5.74, 6) is -1.70. The van der Waals surface area contributed by atoms with Gasteiger partial charge in [0.2, 0.25) is 5.78 Å². The number of ether oxygens (including phenoxy) is 1. The van der Waals surface area contributed by atoms with Crippen LogP contribution in [0.4, 0.5) is 0 Å². The van der Waals surface area contributed by atoms with Gasteiger partial charge in [0.25, 0.3) is 0 Å². The average molecular weight is 384 g/mol. The number of hydrogen-bond donors (Lipinski definition) is 1. The van der Waals surface area contributed by atoms with Crippen LogP contribution in [-0.2, 0) is 4.79 Å². The van der Waals surface area contributed by atoms with Gasteiger partial charge in [-0.1, -0.05) is 54.6 Å². The van der Waals surface area contributed by atoms with Crippen molar-refractivity contribution in [3.8, 4) is 11.5 Å². The molecule has 0 saturated heterocycles. The van der Waals surface area contributed by atoms with Gasteiger partial charge >= 0.3 is 5.97 Å². The lowest BCUT2D eigenvalue weighted by atomic mass is 9.83. The number of aromatic hydroxyl groups is 1. The fourth-order valence-electron chi connectivity index (χ4n) is 3.99. The summed E-state index contributed by atoms with van der Waals surface area (Å²) in [5.41, 5.74) is 1.37. The summed E-state index contributed by atoms with van der Waals surface area (Å²) in [4.78, 5) is 38.5. The average Bonchev–Trinajstić information content (AvgIpc) is 3.53. The zero-order valence-corrected chi connectivity index (χ0v) is 15.3. The van der Waals surface area contributed by atoms with Crippen LogP contribution in [0.15, 0.2) is 66.7 Å². The predicted octanol–water partition coefficient (Wildman–Crippen LogP) is 3.88. The van der Waals surface area contributed by atoms with Crippen molar-refractivity contribution in [2.24, 2.45) is 5.92 Å². The molecule has 3 aromatic carbocycles. The Morgan fingerprint density at radius 1 is 0.828 bits per heavy atom. The molecule has 3 aromatic rings. The Hall–Kier alpha value is -3.73. The summed E-state index contributed by atoms with van der Waals surface area (Å²) in [6.45, 7) is 0. The maximum Gasteiger partial charge on any atom is 0.314 e. The molecule has 2 aliphatic carbocycles. The van der Waals surface area contributed by atoms with Gasteiger partial charge < -0.3 is 9.84 Å². The van der Waals surface area contributed by atoms with Crippen molar-refractivity contribution in [2.45, 2.75) is 12.3 Å². The van der Waals surface area contributed by atoms with Crippen LogP contribution in [0, 0.1) is 5.92 Å². The van der Waals surface area contributed by atoms with Crippen molar-refractivity contribution in [1.82, 2.24) is 0 Å². The lowest BCUT2D eigenvalue weighted by Crippen LogP contribution is -2.23. The minimum Gasteiger partial charge on any atom is -0.507 e. The summed E-state index contributed by atoms with van der Waals surface area (Å²) in [6, 6.07) is 18.7. The third-order valence-corrected chi connectivity index (χ3v) is 5.54. The second kappa shape index (κ2) is 6.41. The van der Waals surface area contributed by atoms with Crippen molar-refractivity contribution in [3.63, 3.8) is 0 Å². The van der Waals surface area contributed by atoms with Crippen LogP contribution < -0.4 is 4.74 Å². The van der Waals surface area contributed by atoms with Gasteiger partial charge in [0.15, 0.2) is 5.78 Å². The topological polar surface area (TPSA) is 80.7 Å². The summed E-state index contributed by atoms with van der Waals surface area (Å²) in [7, 11) is 0. The van der Waals surface area contributed by atoms with E-state index in [1.807, 2.05) is 30.3 Å². The van der Waals surface area contributed by atoms with Crippen LogP contribution in [0.1, 0.15) is 49.7 Å². The first-order valence-electron chi connectivity index (χ1n) is 9.37. The van der Waals surface area contributed by atoms with E-state index in [0.29, 0.717) is 6.42 Å². The second-order valence-electron chi connectivity index (χ2n) is 7.32. The van der Waals surface area contributed by atoms with Gasteiger partial charge in [-0.15, -0.1) is 0 Å². The molecular formula is C24H16O5. The normalized spacial score (nSPS) is 19.3. The quantitative estimate of drug-likeness (QED) is 0.428. The van der Waals surface area contributed by atoms with Gasteiger partial charge in [0, 0.05) is 11.1 Å². The Morgan fingerprint density at radius 2 is 1.52 bits per heavy atom. The lowest BCUT2D eigenvalue weighted by molar-refractivity contribution is -0.135. The van der Waals surface area contributed by atoms with Crippen LogP contribution in [0.5, 0.6) is 11.5 Å². The monoisotopic (exact) mass is 384 g/mol. The number of ketones is 2. The number of carbonyl (C=O) groups is 3. The molecule has 1 N–H and O–H groups in total. The number of hydrogen-bond acceptors (Lipinski definition) is 5. The molecule has 1 fully saturated rings. The van der Waals surface area contributed by atoms with Crippen molar-refractivity contribution >= 4 is 17.5 Å². The highest BCUT2D eigenvalue weighted by atomic mass is 16.5. The van der Waals surface area contributed by atoms with E-state index in [4.69, 9.17) is 4.74 Å². The van der Waals surface area contributed by atoms with E-state index in [1.54, 1.807) is 6.07 Å². The number of carbonyl (C=O) groups excluding carboxylic acids is 3. The van der Waals surface area contributed by atoms with E-state index in [-0.39, 0.29) is 51.4 Å². The Morgan fingerprint density at radius 3 is 2.28 bits per heavy atom. The van der Waals surface area contributed by atoms with Gasteiger partial charge in [0.1, 0.15) is 11.5 Å². The number of fused-ring (bicyclic) bond motifs is 2. The minimum atomic E-state index is -0.522. The van der Waals surface area contributed by atoms with Crippen molar-refractivity contribution in [3.05, 3.63) is 94.5 Å². The Labute approximate surface area is 166 Å². The van der Waals surface area contributed by atoms with Gasteiger partial charge in [-0.3, -0.25) is 14.4 Å². The molecule has 2 atom stereocenters. The highest BCUT2D eigenvalue weighted by Gasteiger charge is 2.46. The molecular weight excluding hydrogens is 368 g/mol. The standard InChI is InChI=1S/C24H16O5/c25-18-10-4-8-14-20(18)23(27)21-15(22(14)26)9-5-11-19(21)29-24(28)17-12-16(17)13-6-2-1-3-7-13/h1-11,16-17,25H,12H2/t16-,17-/m1/s1. The fraction of sp³-hybridized carbons (Fsp3) is 0.125. The zero-order valence-electron chi connectivity index (χ0n) is 15.3. The summed E-state index contributed by atoms with van der Waals surface area (Å²) in [5, 5.41) is 10.1. The van der Waals surface area contributed by atoms with Crippen molar-refractivity contribution in [1.29, 1.82) is 0 Å². The van der Waals surface area contributed by atoms with Gasteiger partial charge in [0.05, 0.1) is 17.0 Å². The zero-order chi connectivity index (χ0) is 20.1. The van der Waals surface area contributed by atoms with Crippen LogP contribution >= 0.6 is 0 Å². The number of rotatable bonds is 3. The highest BCUT2D eigenvalue weighted by molar-refractivity contribution is 6.30. The van der Waals surface area contributed by atoms with Crippen molar-refractivity contribution < 1.29 is 24.2 Å². The first-order chi connectivity index (χ1) is 14.1. The summed E-state index contributed by atoms with van der Waals surface area (Å²) in [6.07, 6.45) is 0.689. The molecule has 1 saturated carbocycles. The SMILES string of the molecule is O=C1c2cccc(O)c2C(=O)c2c(OC(=O)[C@@H]3C[C@@H]3c3ccccc3)cccc21. The largest absolute Gasteiger partial charge is 0.507 e. The lowest BCUT2D eigenvalue weighted by Gasteiger charge is -2.20. The smallest absolute Gasteiger partial charge is 0.314 e. The van der Waals surface area contributed by atoms with E-state index < -0.39 is 11.8 Å². The van der Waals surface area contributed by atoms with Gasteiger partial charge in [-0.25, -0.2) is 0 Å². The minimum absolute atomic E-state index is 0.0248. The molecule has 0 aromatic heterocycles. The van der Waals surface area contributed by atoms with E-state index in [1.165, 1.54) is 30.3 Å². The molecule has 0 spiro atoms. The number of phenols is 1. The van der Waals surface area contributed by atoms with E-state index in [9.17, 15) is 19.5 Å². The second-order valence-corrected chi connectivity index (χ2v) is 7.32. The molecule has 0 bridgehead atoms. The molecule has 0 amide bonds. The molecule has 0 radical (unpaired) electrons. The third-order valence-electron chi connectivity index (χ3n) is 5.54. The molecule has 142 valence electrons. The molecule has 29 heavy (non-hydrogen) atoms. The third kappa shape index (κ3) is 2.74.